The third kappa shape index (κ3) is 5.64. The zero-order valence-electron chi connectivity index (χ0n) is 17.5. The Morgan fingerprint density at radius 1 is 1.10 bits per heavy atom. The fourth-order valence-electron chi connectivity index (χ4n) is 3.52. The van der Waals surface area contributed by atoms with E-state index in [1.807, 2.05) is 49.4 Å². The number of hydrogen-bond donors (Lipinski definition) is 2. The van der Waals surface area contributed by atoms with E-state index in [2.05, 4.69) is 10.7 Å². The Labute approximate surface area is 173 Å². The minimum atomic E-state index is -0.0796. The maximum Gasteiger partial charge on any atom is 0.267 e. The molecule has 1 fully saturated rings. The molecule has 0 saturated heterocycles. The van der Waals surface area contributed by atoms with Gasteiger partial charge in [0.15, 0.2) is 11.5 Å². The van der Waals surface area contributed by atoms with Crippen LogP contribution in [0.2, 0.25) is 0 Å². The summed E-state index contributed by atoms with van der Waals surface area (Å²) in [5, 5.41) is 4.74. The minimum Gasteiger partial charge on any atom is -0.493 e. The standard InChI is InChI=1S/C23H31N3O3/c1-4-24-19-12-10-18(11-13-19)23(27)26(2)25-16-17-9-14-21(28-3)22(15-17)29-20-7-5-6-8-20/h9-15,20,24-25H,4-8,16H2,1-3H3. The molecule has 1 saturated carbocycles. The summed E-state index contributed by atoms with van der Waals surface area (Å²) in [6, 6.07) is 13.4. The van der Waals surface area contributed by atoms with Gasteiger partial charge in [-0.2, -0.15) is 0 Å². The summed E-state index contributed by atoms with van der Waals surface area (Å²) in [6.45, 7) is 3.41. The van der Waals surface area contributed by atoms with Crippen molar-refractivity contribution in [1.82, 2.24) is 10.4 Å². The number of benzene rings is 2. The van der Waals surface area contributed by atoms with Crippen molar-refractivity contribution in [3.8, 4) is 11.5 Å². The van der Waals surface area contributed by atoms with Crippen LogP contribution in [0.5, 0.6) is 11.5 Å². The molecule has 0 bridgehead atoms. The highest BCUT2D eigenvalue weighted by atomic mass is 16.5. The number of carbonyl (C=O) groups is 1. The van der Waals surface area contributed by atoms with Crippen LogP contribution in [-0.2, 0) is 6.54 Å². The lowest BCUT2D eigenvalue weighted by atomic mass is 10.2. The molecule has 0 heterocycles. The summed E-state index contributed by atoms with van der Waals surface area (Å²) in [4.78, 5) is 12.6. The van der Waals surface area contributed by atoms with Gasteiger partial charge in [0.2, 0.25) is 0 Å². The Bertz CT molecular complexity index is 802. The van der Waals surface area contributed by atoms with E-state index in [1.165, 1.54) is 17.9 Å². The molecule has 1 aliphatic carbocycles. The highest BCUT2D eigenvalue weighted by Crippen LogP contribution is 2.32. The second kappa shape index (κ2) is 10.2. The average molecular weight is 398 g/mol. The molecule has 0 atom stereocenters. The molecule has 2 N–H and O–H groups in total. The number of amides is 1. The molecule has 1 amide bonds. The van der Waals surface area contributed by atoms with Crippen molar-refractivity contribution in [3.05, 3.63) is 53.6 Å². The number of nitrogens with one attached hydrogen (secondary N) is 2. The monoisotopic (exact) mass is 397 g/mol. The van der Waals surface area contributed by atoms with Crippen molar-refractivity contribution >= 4 is 11.6 Å². The minimum absolute atomic E-state index is 0.0796. The first-order valence-electron chi connectivity index (χ1n) is 10.3. The molecule has 6 nitrogen and oxygen atoms in total. The number of hydrazine groups is 1. The fraction of sp³-hybridized carbons (Fsp3) is 0.435. The number of carbonyl (C=O) groups excluding carboxylic acids is 1. The summed E-state index contributed by atoms with van der Waals surface area (Å²) in [6.07, 6.45) is 4.89. The molecule has 1 aliphatic rings. The molecule has 2 aromatic rings. The van der Waals surface area contributed by atoms with Crippen LogP contribution in [0.25, 0.3) is 0 Å². The molecule has 156 valence electrons. The maximum atomic E-state index is 12.6. The Morgan fingerprint density at radius 2 is 1.83 bits per heavy atom. The van der Waals surface area contributed by atoms with E-state index in [1.54, 1.807) is 14.2 Å². The van der Waals surface area contributed by atoms with Crippen LogP contribution < -0.4 is 20.2 Å². The van der Waals surface area contributed by atoms with Crippen LogP contribution >= 0.6 is 0 Å². The Hall–Kier alpha value is -2.73. The summed E-state index contributed by atoms with van der Waals surface area (Å²) in [5.74, 6) is 1.43. The van der Waals surface area contributed by atoms with Gasteiger partial charge in [0.25, 0.3) is 5.91 Å². The van der Waals surface area contributed by atoms with Crippen LogP contribution in [0.4, 0.5) is 5.69 Å². The maximum absolute atomic E-state index is 12.6. The Morgan fingerprint density at radius 3 is 2.48 bits per heavy atom. The summed E-state index contributed by atoms with van der Waals surface area (Å²) in [7, 11) is 3.39. The second-order valence-corrected chi connectivity index (χ2v) is 7.32. The van der Waals surface area contributed by atoms with Gasteiger partial charge in [-0.1, -0.05) is 6.07 Å². The first kappa shape index (κ1) is 21.0. The molecule has 0 aromatic heterocycles. The quantitative estimate of drug-likeness (QED) is 0.620. The highest BCUT2D eigenvalue weighted by molar-refractivity contribution is 5.94. The topological polar surface area (TPSA) is 62.8 Å². The third-order valence-corrected chi connectivity index (χ3v) is 5.16. The van der Waals surface area contributed by atoms with E-state index in [0.29, 0.717) is 12.1 Å². The van der Waals surface area contributed by atoms with Crippen LogP contribution in [0, 0.1) is 0 Å². The van der Waals surface area contributed by atoms with Gasteiger partial charge >= 0.3 is 0 Å². The van der Waals surface area contributed by atoms with Gasteiger partial charge in [-0.25, -0.2) is 5.43 Å². The number of hydrogen-bond acceptors (Lipinski definition) is 5. The van der Waals surface area contributed by atoms with Crippen molar-refractivity contribution in [3.63, 3.8) is 0 Å². The Kier molecular flexibility index (Phi) is 7.36. The molecular weight excluding hydrogens is 366 g/mol. The molecule has 0 aliphatic heterocycles. The van der Waals surface area contributed by atoms with Crippen LogP contribution in [0.3, 0.4) is 0 Å². The smallest absolute Gasteiger partial charge is 0.267 e. The van der Waals surface area contributed by atoms with Crippen molar-refractivity contribution in [2.24, 2.45) is 0 Å². The van der Waals surface area contributed by atoms with Gasteiger partial charge in [0.05, 0.1) is 13.2 Å². The Balaban J connectivity index is 1.59. The van der Waals surface area contributed by atoms with Crippen molar-refractivity contribution in [1.29, 1.82) is 0 Å². The largest absolute Gasteiger partial charge is 0.493 e. The molecule has 0 radical (unpaired) electrons. The molecule has 0 unspecified atom stereocenters. The average Bonchev–Trinajstić information content (AvgIpc) is 3.25. The van der Waals surface area contributed by atoms with Gasteiger partial charge < -0.3 is 14.8 Å². The number of methoxy groups -OCH3 is 1. The van der Waals surface area contributed by atoms with E-state index in [9.17, 15) is 4.79 Å². The molecule has 29 heavy (non-hydrogen) atoms. The highest BCUT2D eigenvalue weighted by Gasteiger charge is 2.19. The van der Waals surface area contributed by atoms with E-state index in [4.69, 9.17) is 9.47 Å². The van der Waals surface area contributed by atoms with Gasteiger partial charge in [0, 0.05) is 31.4 Å². The van der Waals surface area contributed by atoms with E-state index >= 15 is 0 Å². The third-order valence-electron chi connectivity index (χ3n) is 5.16. The second-order valence-electron chi connectivity index (χ2n) is 7.32. The molecular formula is C23H31N3O3. The van der Waals surface area contributed by atoms with E-state index in [0.717, 1.165) is 42.1 Å². The van der Waals surface area contributed by atoms with Gasteiger partial charge in [-0.15, -0.1) is 0 Å². The molecule has 2 aromatic carbocycles. The fourth-order valence-corrected chi connectivity index (χ4v) is 3.52. The SMILES string of the molecule is CCNc1ccc(C(=O)N(C)NCc2ccc(OC)c(OC3CCCC3)c2)cc1. The normalized spacial score (nSPS) is 13.9. The lowest BCUT2D eigenvalue weighted by molar-refractivity contribution is 0.0712. The number of nitrogens with zero attached hydrogens (tertiary/aromatic N) is 1. The predicted octanol–water partition coefficient (Wildman–Crippen LogP) is 4.23. The number of rotatable bonds is 9. The van der Waals surface area contributed by atoms with Crippen LogP contribution in [0.15, 0.2) is 42.5 Å². The van der Waals surface area contributed by atoms with E-state index < -0.39 is 0 Å². The first-order valence-corrected chi connectivity index (χ1v) is 10.3. The number of anilines is 1. The molecule has 6 heteroatoms. The predicted molar refractivity (Wildman–Crippen MR) is 115 cm³/mol. The first-order chi connectivity index (χ1) is 14.1. The number of ether oxygens (including phenoxy) is 2. The van der Waals surface area contributed by atoms with Gasteiger partial charge in [-0.05, 0) is 74.6 Å². The van der Waals surface area contributed by atoms with Crippen molar-refractivity contribution in [2.45, 2.75) is 45.3 Å². The van der Waals surface area contributed by atoms with Crippen molar-refractivity contribution < 1.29 is 14.3 Å². The zero-order chi connectivity index (χ0) is 20.6. The summed E-state index contributed by atoms with van der Waals surface area (Å²) < 4.78 is 11.6. The van der Waals surface area contributed by atoms with Crippen LogP contribution in [0.1, 0.15) is 48.5 Å². The zero-order valence-corrected chi connectivity index (χ0v) is 17.5. The van der Waals surface area contributed by atoms with E-state index in [-0.39, 0.29) is 12.0 Å². The van der Waals surface area contributed by atoms with Gasteiger partial charge in [0.1, 0.15) is 0 Å². The summed E-state index contributed by atoms with van der Waals surface area (Å²) >= 11 is 0. The van der Waals surface area contributed by atoms with Crippen LogP contribution in [-0.4, -0.2) is 37.7 Å². The summed E-state index contributed by atoms with van der Waals surface area (Å²) in [5.41, 5.74) is 5.84. The van der Waals surface area contributed by atoms with Crippen molar-refractivity contribution in [2.75, 3.05) is 26.0 Å². The molecule has 3 rings (SSSR count). The van der Waals surface area contributed by atoms with Gasteiger partial charge in [-0.3, -0.25) is 9.80 Å². The lowest BCUT2D eigenvalue weighted by Crippen LogP contribution is -2.39. The lowest BCUT2D eigenvalue weighted by Gasteiger charge is -2.20. The molecule has 0 spiro atoms.